The first-order valence-corrected chi connectivity index (χ1v) is 8.80. The predicted octanol–water partition coefficient (Wildman–Crippen LogP) is 4.38. The number of fused-ring (bicyclic) bond motifs is 1. The third-order valence-electron chi connectivity index (χ3n) is 4.52. The van der Waals surface area contributed by atoms with Gasteiger partial charge in [0.2, 0.25) is 0 Å². The summed E-state index contributed by atoms with van der Waals surface area (Å²) in [7, 11) is 1.54. The van der Waals surface area contributed by atoms with Crippen molar-refractivity contribution >= 4 is 17.2 Å². The van der Waals surface area contributed by atoms with Crippen molar-refractivity contribution in [3.8, 4) is 16.9 Å². The van der Waals surface area contributed by atoms with Crippen LogP contribution in [0.15, 0.2) is 55.0 Å². The van der Waals surface area contributed by atoms with E-state index in [0.717, 1.165) is 16.8 Å². The zero-order valence-corrected chi connectivity index (χ0v) is 15.3. The van der Waals surface area contributed by atoms with Crippen LogP contribution in [0.4, 0.5) is 4.39 Å². The molecule has 0 N–H and O–H groups in total. The maximum atomic E-state index is 14.2. The van der Waals surface area contributed by atoms with Crippen LogP contribution in [0.25, 0.3) is 16.8 Å². The van der Waals surface area contributed by atoms with Gasteiger partial charge in [0.25, 0.3) is 0 Å². The Morgan fingerprint density at radius 2 is 1.96 bits per heavy atom. The lowest BCUT2D eigenvalue weighted by Gasteiger charge is -2.12. The van der Waals surface area contributed by atoms with Crippen molar-refractivity contribution in [3.63, 3.8) is 0 Å². The third kappa shape index (κ3) is 3.24. The molecule has 4 rings (SSSR count). The van der Waals surface area contributed by atoms with Crippen molar-refractivity contribution in [1.82, 2.24) is 19.6 Å². The molecule has 0 spiro atoms. The smallest absolute Gasteiger partial charge is 0.168 e. The number of aryl methyl sites for hydroxylation is 1. The number of hydrogen-bond acceptors (Lipinski definition) is 4. The molecule has 1 aromatic carbocycles. The molecule has 0 bridgehead atoms. The summed E-state index contributed by atoms with van der Waals surface area (Å²) >= 11 is 6.23. The first kappa shape index (κ1) is 17.4. The van der Waals surface area contributed by atoms with Crippen molar-refractivity contribution in [2.45, 2.75) is 12.8 Å². The Morgan fingerprint density at radius 1 is 1.07 bits per heavy atom. The van der Waals surface area contributed by atoms with Crippen LogP contribution in [0.2, 0.25) is 5.15 Å². The van der Waals surface area contributed by atoms with Crippen LogP contribution >= 0.6 is 11.6 Å². The van der Waals surface area contributed by atoms with Crippen molar-refractivity contribution in [3.05, 3.63) is 77.2 Å². The lowest BCUT2D eigenvalue weighted by atomic mass is 10.0. The highest BCUT2D eigenvalue weighted by molar-refractivity contribution is 6.32. The molecule has 0 saturated heterocycles. The summed E-state index contributed by atoms with van der Waals surface area (Å²) in [6.45, 7) is 0. The summed E-state index contributed by atoms with van der Waals surface area (Å²) in [6.07, 6.45) is 4.39. The molecule has 3 aromatic heterocycles. The number of ether oxygens (including phenoxy) is 1. The molecule has 0 aliphatic carbocycles. The largest absolute Gasteiger partial charge is 0.496 e. The Balaban J connectivity index is 1.70. The molecule has 136 valence electrons. The lowest BCUT2D eigenvalue weighted by molar-refractivity contribution is 0.404. The third-order valence-corrected chi connectivity index (χ3v) is 4.82. The highest BCUT2D eigenvalue weighted by atomic mass is 35.5. The lowest BCUT2D eigenvalue weighted by Crippen LogP contribution is -2.03. The standard InChI is InChI=1S/C20H16ClFN4O/c1-27-18-6-2-5-17(22)16(18)10-8-13-7-9-15(20-25-24-12-26(13)20)14-4-3-11-23-19(14)21/h2-7,9,11-12H,8,10H2,1H3. The Labute approximate surface area is 160 Å². The quantitative estimate of drug-likeness (QED) is 0.481. The van der Waals surface area contributed by atoms with E-state index in [0.29, 0.717) is 35.0 Å². The zero-order chi connectivity index (χ0) is 18.8. The zero-order valence-electron chi connectivity index (χ0n) is 14.6. The normalized spacial score (nSPS) is 11.1. The van der Waals surface area contributed by atoms with E-state index in [1.54, 1.807) is 31.8 Å². The molecule has 4 aromatic rings. The van der Waals surface area contributed by atoms with Gasteiger partial charge in [-0.2, -0.15) is 0 Å². The molecular formula is C20H16ClFN4O. The minimum absolute atomic E-state index is 0.270. The Kier molecular flexibility index (Phi) is 4.73. The van der Waals surface area contributed by atoms with Gasteiger partial charge in [-0.15, -0.1) is 10.2 Å². The molecule has 3 heterocycles. The molecular weight excluding hydrogens is 367 g/mol. The van der Waals surface area contributed by atoms with Crippen molar-refractivity contribution in [2.75, 3.05) is 7.11 Å². The Bertz CT molecular complexity index is 1110. The first-order chi connectivity index (χ1) is 13.2. The molecule has 0 amide bonds. The van der Waals surface area contributed by atoms with Crippen LogP contribution in [0.3, 0.4) is 0 Å². The number of pyridine rings is 2. The van der Waals surface area contributed by atoms with Crippen LogP contribution < -0.4 is 4.74 Å². The fourth-order valence-corrected chi connectivity index (χ4v) is 3.41. The Hall–Kier alpha value is -2.99. The van der Waals surface area contributed by atoms with Gasteiger partial charge in [0.05, 0.1) is 7.11 Å². The number of aromatic nitrogens is 4. The topological polar surface area (TPSA) is 52.3 Å². The summed E-state index contributed by atoms with van der Waals surface area (Å²) in [5, 5.41) is 8.67. The van der Waals surface area contributed by atoms with Gasteiger partial charge in [0, 0.05) is 28.6 Å². The average molecular weight is 383 g/mol. The van der Waals surface area contributed by atoms with Gasteiger partial charge in [0.15, 0.2) is 5.65 Å². The maximum Gasteiger partial charge on any atom is 0.168 e. The van der Waals surface area contributed by atoms with E-state index in [4.69, 9.17) is 16.3 Å². The van der Waals surface area contributed by atoms with E-state index >= 15 is 0 Å². The van der Waals surface area contributed by atoms with Crippen LogP contribution in [-0.2, 0) is 12.8 Å². The van der Waals surface area contributed by atoms with Gasteiger partial charge in [-0.25, -0.2) is 9.37 Å². The molecule has 27 heavy (non-hydrogen) atoms. The fourth-order valence-electron chi connectivity index (χ4n) is 3.19. The number of benzene rings is 1. The molecule has 0 saturated carbocycles. The van der Waals surface area contributed by atoms with Crippen molar-refractivity contribution in [1.29, 1.82) is 0 Å². The average Bonchev–Trinajstić information content (AvgIpc) is 3.17. The Morgan fingerprint density at radius 3 is 2.78 bits per heavy atom. The second-order valence-electron chi connectivity index (χ2n) is 6.03. The van der Waals surface area contributed by atoms with Gasteiger partial charge < -0.3 is 4.74 Å². The molecule has 0 aliphatic rings. The minimum Gasteiger partial charge on any atom is -0.496 e. The van der Waals surface area contributed by atoms with Gasteiger partial charge in [-0.05, 0) is 49.2 Å². The molecule has 0 atom stereocenters. The summed E-state index contributed by atoms with van der Waals surface area (Å²) in [5.41, 5.74) is 3.84. The van der Waals surface area contributed by atoms with E-state index in [1.807, 2.05) is 28.7 Å². The maximum absolute atomic E-state index is 14.2. The van der Waals surface area contributed by atoms with E-state index < -0.39 is 0 Å². The second-order valence-corrected chi connectivity index (χ2v) is 6.38. The van der Waals surface area contributed by atoms with Crippen LogP contribution in [0, 0.1) is 5.82 Å². The number of methoxy groups -OCH3 is 1. The summed E-state index contributed by atoms with van der Waals surface area (Å²) in [6, 6.07) is 12.5. The molecule has 0 fully saturated rings. The minimum atomic E-state index is -0.270. The van der Waals surface area contributed by atoms with Crippen molar-refractivity contribution < 1.29 is 9.13 Å². The molecule has 0 aliphatic heterocycles. The van der Waals surface area contributed by atoms with Crippen molar-refractivity contribution in [2.24, 2.45) is 0 Å². The van der Waals surface area contributed by atoms with Gasteiger partial charge in [-0.3, -0.25) is 4.40 Å². The highest BCUT2D eigenvalue weighted by Crippen LogP contribution is 2.30. The van der Waals surface area contributed by atoms with Gasteiger partial charge >= 0.3 is 0 Å². The van der Waals surface area contributed by atoms with E-state index in [2.05, 4.69) is 15.2 Å². The van der Waals surface area contributed by atoms with Crippen LogP contribution in [0.1, 0.15) is 11.3 Å². The predicted molar refractivity (Wildman–Crippen MR) is 102 cm³/mol. The molecule has 0 unspecified atom stereocenters. The van der Waals surface area contributed by atoms with Gasteiger partial charge in [0.1, 0.15) is 23.0 Å². The van der Waals surface area contributed by atoms with Crippen LogP contribution in [0.5, 0.6) is 5.75 Å². The van der Waals surface area contributed by atoms with E-state index in [9.17, 15) is 4.39 Å². The molecule has 0 radical (unpaired) electrons. The monoisotopic (exact) mass is 382 g/mol. The van der Waals surface area contributed by atoms with Gasteiger partial charge in [-0.1, -0.05) is 17.7 Å². The number of hydrogen-bond donors (Lipinski definition) is 0. The number of nitrogens with zero attached hydrogens (tertiary/aromatic N) is 4. The fraction of sp³-hybridized carbons (Fsp3) is 0.150. The number of rotatable bonds is 5. The summed E-state index contributed by atoms with van der Waals surface area (Å²) < 4.78 is 21.4. The summed E-state index contributed by atoms with van der Waals surface area (Å²) in [4.78, 5) is 4.13. The van der Waals surface area contributed by atoms with Crippen LogP contribution in [-0.4, -0.2) is 26.7 Å². The van der Waals surface area contributed by atoms with E-state index in [1.165, 1.54) is 6.07 Å². The second kappa shape index (κ2) is 7.32. The van der Waals surface area contributed by atoms with E-state index in [-0.39, 0.29) is 5.82 Å². The SMILES string of the molecule is COc1cccc(F)c1CCc1ccc(-c2cccnc2Cl)c2nncn12. The summed E-state index contributed by atoms with van der Waals surface area (Å²) in [5.74, 6) is 0.280. The highest BCUT2D eigenvalue weighted by Gasteiger charge is 2.14. The number of halogens is 2. The molecule has 5 nitrogen and oxygen atoms in total. The molecule has 7 heteroatoms. The first-order valence-electron chi connectivity index (χ1n) is 8.43.